The summed E-state index contributed by atoms with van der Waals surface area (Å²) in [5.74, 6) is 2.45. The first kappa shape index (κ1) is 23.4. The van der Waals surface area contributed by atoms with Gasteiger partial charge >= 0.3 is 0 Å². The van der Waals surface area contributed by atoms with Crippen LogP contribution in [0.15, 0.2) is 60.9 Å². The van der Waals surface area contributed by atoms with E-state index >= 15 is 0 Å². The van der Waals surface area contributed by atoms with Crippen LogP contribution in [0.2, 0.25) is 0 Å². The highest BCUT2D eigenvalue weighted by Gasteiger charge is 2.26. The highest BCUT2D eigenvalue weighted by Crippen LogP contribution is 2.40. The van der Waals surface area contributed by atoms with E-state index in [-0.39, 0.29) is 5.60 Å². The van der Waals surface area contributed by atoms with Crippen molar-refractivity contribution in [2.45, 2.75) is 51.8 Å². The Kier molecular flexibility index (Phi) is 6.73. The Bertz CT molecular complexity index is 1170. The second-order valence-corrected chi connectivity index (χ2v) is 9.84. The van der Waals surface area contributed by atoms with Crippen molar-refractivity contribution < 1.29 is 9.47 Å². The van der Waals surface area contributed by atoms with Crippen LogP contribution in [0.25, 0.3) is 17.5 Å². The number of piperidine rings is 1. The number of aromatic nitrogens is 2. The van der Waals surface area contributed by atoms with Gasteiger partial charge < -0.3 is 14.8 Å². The van der Waals surface area contributed by atoms with Gasteiger partial charge in [0, 0.05) is 36.8 Å². The van der Waals surface area contributed by atoms with Gasteiger partial charge in [-0.3, -0.25) is 4.90 Å². The standard InChI is InChI=1S/C29H34N4O2/c1-4-34-26-17-21(16-23-10-13-29(2,3)35-27(23)26)20-33-14-11-24(12-15-33)32-25-18-30-28(31-19-25)22-8-6-5-7-9-22/h5-10,13,16-19,24,32H,4,11-12,14-15,20H2,1-3H3. The highest BCUT2D eigenvalue weighted by molar-refractivity contribution is 5.66. The normalized spacial score (nSPS) is 17.5. The number of nitrogens with one attached hydrogen (secondary N) is 1. The first-order valence-corrected chi connectivity index (χ1v) is 12.5. The van der Waals surface area contributed by atoms with E-state index in [1.54, 1.807) is 0 Å². The first-order valence-electron chi connectivity index (χ1n) is 12.5. The molecule has 182 valence electrons. The molecule has 0 amide bonds. The van der Waals surface area contributed by atoms with Crippen LogP contribution in [0.1, 0.15) is 44.7 Å². The third-order valence-corrected chi connectivity index (χ3v) is 6.52. The van der Waals surface area contributed by atoms with E-state index in [2.05, 4.69) is 58.3 Å². The van der Waals surface area contributed by atoms with Gasteiger partial charge in [-0.15, -0.1) is 0 Å². The van der Waals surface area contributed by atoms with Gasteiger partial charge in [0.05, 0.1) is 24.7 Å². The molecule has 0 spiro atoms. The van der Waals surface area contributed by atoms with Gasteiger partial charge in [0.15, 0.2) is 17.3 Å². The second-order valence-electron chi connectivity index (χ2n) is 9.84. The van der Waals surface area contributed by atoms with Crippen molar-refractivity contribution in [2.75, 3.05) is 25.0 Å². The lowest BCUT2D eigenvalue weighted by atomic mass is 9.99. The fraction of sp³-hybridized carbons (Fsp3) is 0.379. The molecule has 0 atom stereocenters. The quantitative estimate of drug-likeness (QED) is 0.471. The van der Waals surface area contributed by atoms with Gasteiger partial charge in [0.2, 0.25) is 0 Å². The topological polar surface area (TPSA) is 59.5 Å². The molecule has 1 fully saturated rings. The van der Waals surface area contributed by atoms with Gasteiger partial charge in [-0.2, -0.15) is 0 Å². The maximum Gasteiger partial charge on any atom is 0.169 e. The molecular weight excluding hydrogens is 436 g/mol. The maximum atomic E-state index is 6.21. The number of hydrogen-bond acceptors (Lipinski definition) is 6. The summed E-state index contributed by atoms with van der Waals surface area (Å²) < 4.78 is 12.2. The summed E-state index contributed by atoms with van der Waals surface area (Å²) in [7, 11) is 0. The van der Waals surface area contributed by atoms with Gasteiger partial charge in [-0.25, -0.2) is 9.97 Å². The Morgan fingerprint density at radius 2 is 1.83 bits per heavy atom. The fourth-order valence-electron chi connectivity index (χ4n) is 4.73. The molecule has 5 rings (SSSR count). The lowest BCUT2D eigenvalue weighted by molar-refractivity contribution is 0.149. The number of anilines is 1. The Morgan fingerprint density at radius 1 is 1.09 bits per heavy atom. The summed E-state index contributed by atoms with van der Waals surface area (Å²) >= 11 is 0. The maximum absolute atomic E-state index is 6.21. The number of fused-ring (bicyclic) bond motifs is 1. The summed E-state index contributed by atoms with van der Waals surface area (Å²) in [6, 6.07) is 14.9. The molecule has 0 aliphatic carbocycles. The van der Waals surface area contributed by atoms with Gasteiger partial charge in [0.1, 0.15) is 5.60 Å². The Labute approximate surface area is 208 Å². The summed E-state index contributed by atoms with van der Waals surface area (Å²) in [5.41, 5.74) is 4.06. The third kappa shape index (κ3) is 5.65. The minimum absolute atomic E-state index is 0.317. The highest BCUT2D eigenvalue weighted by atomic mass is 16.5. The Hall–Kier alpha value is -3.38. The smallest absolute Gasteiger partial charge is 0.169 e. The summed E-state index contributed by atoms with van der Waals surface area (Å²) in [5, 5.41) is 3.62. The summed E-state index contributed by atoms with van der Waals surface area (Å²) in [4.78, 5) is 11.6. The average Bonchev–Trinajstić information content (AvgIpc) is 2.87. The average molecular weight is 471 g/mol. The van der Waals surface area contributed by atoms with Crippen LogP contribution in [-0.2, 0) is 6.54 Å². The van der Waals surface area contributed by atoms with Gasteiger partial charge in [-0.05, 0) is 57.4 Å². The number of ether oxygens (including phenoxy) is 2. The van der Waals surface area contributed by atoms with Gasteiger partial charge in [-0.1, -0.05) is 36.4 Å². The summed E-state index contributed by atoms with van der Waals surface area (Å²) in [6.07, 6.45) is 10.2. The van der Waals surface area contributed by atoms with Crippen LogP contribution >= 0.6 is 0 Å². The third-order valence-electron chi connectivity index (χ3n) is 6.52. The minimum Gasteiger partial charge on any atom is -0.490 e. The van der Waals surface area contributed by atoms with E-state index in [1.165, 1.54) is 5.56 Å². The molecule has 3 aromatic rings. The first-order chi connectivity index (χ1) is 17.0. The van der Waals surface area contributed by atoms with E-state index in [1.807, 2.05) is 49.6 Å². The molecule has 2 aliphatic rings. The van der Waals surface area contributed by atoms with Crippen molar-refractivity contribution >= 4 is 11.8 Å². The molecule has 1 saturated heterocycles. The molecule has 2 aromatic carbocycles. The number of likely N-dealkylation sites (tertiary alicyclic amines) is 1. The molecule has 1 N–H and O–H groups in total. The largest absolute Gasteiger partial charge is 0.490 e. The molecule has 35 heavy (non-hydrogen) atoms. The van der Waals surface area contributed by atoms with Crippen molar-refractivity contribution in [1.82, 2.24) is 14.9 Å². The van der Waals surface area contributed by atoms with E-state index < -0.39 is 0 Å². The van der Waals surface area contributed by atoms with Crippen LogP contribution in [-0.4, -0.2) is 46.2 Å². The van der Waals surface area contributed by atoms with Crippen LogP contribution in [0.5, 0.6) is 11.5 Å². The lowest BCUT2D eigenvalue weighted by Crippen LogP contribution is -2.38. The zero-order valence-corrected chi connectivity index (χ0v) is 20.8. The number of benzene rings is 2. The van der Waals surface area contributed by atoms with E-state index in [0.717, 1.165) is 66.6 Å². The fourth-order valence-corrected chi connectivity index (χ4v) is 4.73. The molecule has 0 radical (unpaired) electrons. The van der Waals surface area contributed by atoms with Crippen LogP contribution in [0.4, 0.5) is 5.69 Å². The molecule has 6 heteroatoms. The predicted octanol–water partition coefficient (Wildman–Crippen LogP) is 5.80. The van der Waals surface area contributed by atoms with Crippen molar-refractivity contribution in [1.29, 1.82) is 0 Å². The number of nitrogens with zero attached hydrogens (tertiary/aromatic N) is 3. The van der Waals surface area contributed by atoms with Crippen molar-refractivity contribution in [3.8, 4) is 22.9 Å². The Morgan fingerprint density at radius 3 is 2.54 bits per heavy atom. The summed E-state index contributed by atoms with van der Waals surface area (Å²) in [6.45, 7) is 9.77. The van der Waals surface area contributed by atoms with Crippen molar-refractivity contribution in [2.24, 2.45) is 0 Å². The molecule has 3 heterocycles. The molecule has 6 nitrogen and oxygen atoms in total. The predicted molar refractivity (Wildman–Crippen MR) is 141 cm³/mol. The van der Waals surface area contributed by atoms with Crippen LogP contribution in [0, 0.1) is 0 Å². The number of rotatable bonds is 7. The molecule has 0 bridgehead atoms. The van der Waals surface area contributed by atoms with Crippen molar-refractivity contribution in [3.05, 3.63) is 72.1 Å². The molecule has 2 aliphatic heterocycles. The molecule has 0 unspecified atom stereocenters. The monoisotopic (exact) mass is 470 g/mol. The molecule has 1 aromatic heterocycles. The Balaban J connectivity index is 1.18. The molecular formula is C29H34N4O2. The van der Waals surface area contributed by atoms with Crippen LogP contribution in [0.3, 0.4) is 0 Å². The van der Waals surface area contributed by atoms with E-state index in [9.17, 15) is 0 Å². The SMILES string of the molecule is CCOc1cc(CN2CCC(Nc3cnc(-c4ccccc4)nc3)CC2)cc2c1OC(C)(C)C=C2. The lowest BCUT2D eigenvalue weighted by Gasteiger charge is -2.33. The minimum atomic E-state index is -0.317. The van der Waals surface area contributed by atoms with E-state index in [0.29, 0.717) is 12.6 Å². The second kappa shape index (κ2) is 10.1. The van der Waals surface area contributed by atoms with E-state index in [4.69, 9.17) is 9.47 Å². The van der Waals surface area contributed by atoms with Gasteiger partial charge in [0.25, 0.3) is 0 Å². The van der Waals surface area contributed by atoms with Crippen molar-refractivity contribution in [3.63, 3.8) is 0 Å². The van der Waals surface area contributed by atoms with Crippen LogP contribution < -0.4 is 14.8 Å². The zero-order valence-electron chi connectivity index (χ0n) is 20.8. The zero-order chi connectivity index (χ0) is 24.3. The number of hydrogen-bond donors (Lipinski definition) is 1. The molecule has 0 saturated carbocycles.